The first-order valence-electron chi connectivity index (χ1n) is 8.48. The SMILES string of the molecule is CN[C@@H]1CCCN(C(=O)C2=CN(c3ncnc4[nH]cnc34)CCS2)C1.Cl. The molecule has 26 heavy (non-hydrogen) atoms. The summed E-state index contributed by atoms with van der Waals surface area (Å²) in [6, 6.07) is 0.383. The number of hydrogen-bond acceptors (Lipinski definition) is 7. The molecule has 2 aliphatic rings. The van der Waals surface area contributed by atoms with Gasteiger partial charge in [-0.15, -0.1) is 24.2 Å². The number of aromatic nitrogens is 4. The second-order valence-electron chi connectivity index (χ2n) is 6.21. The number of piperidine rings is 1. The third-order valence-corrected chi connectivity index (χ3v) is 5.64. The van der Waals surface area contributed by atoms with E-state index < -0.39 is 0 Å². The predicted molar refractivity (Wildman–Crippen MR) is 105 cm³/mol. The summed E-state index contributed by atoms with van der Waals surface area (Å²) in [4.78, 5) is 33.5. The average Bonchev–Trinajstić information content (AvgIpc) is 3.16. The summed E-state index contributed by atoms with van der Waals surface area (Å²) in [6.45, 7) is 2.38. The highest BCUT2D eigenvalue weighted by atomic mass is 35.5. The van der Waals surface area contributed by atoms with Gasteiger partial charge in [-0.05, 0) is 19.9 Å². The number of fused-ring (bicyclic) bond motifs is 1. The Balaban J connectivity index is 0.00000196. The minimum atomic E-state index is 0. The molecule has 1 amide bonds. The summed E-state index contributed by atoms with van der Waals surface area (Å²) in [7, 11) is 1.96. The number of carbonyl (C=O) groups excluding carboxylic acids is 1. The van der Waals surface area contributed by atoms with Crippen LogP contribution >= 0.6 is 24.2 Å². The largest absolute Gasteiger partial charge is 0.337 e. The first-order chi connectivity index (χ1) is 12.3. The van der Waals surface area contributed by atoms with Crippen LogP contribution in [0.4, 0.5) is 5.82 Å². The number of anilines is 1. The van der Waals surface area contributed by atoms with E-state index in [1.54, 1.807) is 18.1 Å². The number of halogens is 1. The number of amides is 1. The number of nitrogens with one attached hydrogen (secondary N) is 2. The maximum absolute atomic E-state index is 12.9. The van der Waals surface area contributed by atoms with Crippen molar-refractivity contribution in [3.05, 3.63) is 23.8 Å². The van der Waals surface area contributed by atoms with Gasteiger partial charge in [-0.25, -0.2) is 15.0 Å². The molecular formula is C16H22ClN7OS. The highest BCUT2D eigenvalue weighted by molar-refractivity contribution is 8.04. The van der Waals surface area contributed by atoms with E-state index in [4.69, 9.17) is 0 Å². The first-order valence-corrected chi connectivity index (χ1v) is 9.46. The molecule has 0 unspecified atom stereocenters. The first kappa shape index (κ1) is 18.9. The van der Waals surface area contributed by atoms with Crippen molar-refractivity contribution < 1.29 is 4.79 Å². The Morgan fingerprint density at radius 1 is 1.35 bits per heavy atom. The van der Waals surface area contributed by atoms with Crippen molar-refractivity contribution in [2.75, 3.05) is 37.3 Å². The fourth-order valence-electron chi connectivity index (χ4n) is 3.30. The van der Waals surface area contributed by atoms with E-state index in [-0.39, 0.29) is 18.3 Å². The van der Waals surface area contributed by atoms with Crippen molar-refractivity contribution in [2.24, 2.45) is 0 Å². The molecular weight excluding hydrogens is 374 g/mol. The number of carbonyl (C=O) groups is 1. The van der Waals surface area contributed by atoms with Gasteiger partial charge in [0.05, 0.1) is 11.2 Å². The monoisotopic (exact) mass is 395 g/mol. The molecule has 0 radical (unpaired) electrons. The van der Waals surface area contributed by atoms with E-state index in [9.17, 15) is 4.79 Å². The highest BCUT2D eigenvalue weighted by Gasteiger charge is 2.28. The minimum absolute atomic E-state index is 0. The number of likely N-dealkylation sites (tertiary alicyclic amines) is 1. The number of nitrogens with zero attached hydrogens (tertiary/aromatic N) is 5. The van der Waals surface area contributed by atoms with E-state index in [2.05, 4.69) is 25.3 Å². The number of imidazole rings is 1. The summed E-state index contributed by atoms with van der Waals surface area (Å²) in [5.41, 5.74) is 1.43. The summed E-state index contributed by atoms with van der Waals surface area (Å²) >= 11 is 1.62. The average molecular weight is 396 g/mol. The van der Waals surface area contributed by atoms with Gasteiger partial charge in [-0.1, -0.05) is 0 Å². The lowest BCUT2D eigenvalue weighted by molar-refractivity contribution is -0.127. The van der Waals surface area contributed by atoms with Crippen molar-refractivity contribution in [2.45, 2.75) is 18.9 Å². The van der Waals surface area contributed by atoms with Crippen LogP contribution in [0.15, 0.2) is 23.8 Å². The number of H-pyrrole nitrogens is 1. The molecule has 4 rings (SSSR count). The van der Waals surface area contributed by atoms with Crippen LogP contribution in [0.3, 0.4) is 0 Å². The molecule has 4 heterocycles. The maximum atomic E-state index is 12.9. The molecule has 0 bridgehead atoms. The molecule has 2 aromatic rings. The van der Waals surface area contributed by atoms with Crippen LogP contribution in [0, 0.1) is 0 Å². The van der Waals surface area contributed by atoms with E-state index in [0.717, 1.165) is 54.5 Å². The molecule has 2 aliphatic heterocycles. The van der Waals surface area contributed by atoms with Crippen molar-refractivity contribution >= 4 is 47.1 Å². The molecule has 0 saturated carbocycles. The van der Waals surface area contributed by atoms with Crippen molar-refractivity contribution in [3.63, 3.8) is 0 Å². The van der Waals surface area contributed by atoms with E-state index in [0.29, 0.717) is 11.7 Å². The van der Waals surface area contributed by atoms with Gasteiger partial charge in [-0.2, -0.15) is 0 Å². The van der Waals surface area contributed by atoms with Crippen LogP contribution in [-0.2, 0) is 4.79 Å². The molecule has 8 nitrogen and oxygen atoms in total. The quantitative estimate of drug-likeness (QED) is 0.811. The van der Waals surface area contributed by atoms with Gasteiger partial charge in [0.2, 0.25) is 0 Å². The number of hydrogen-bond donors (Lipinski definition) is 2. The topological polar surface area (TPSA) is 90.0 Å². The van der Waals surface area contributed by atoms with Crippen LogP contribution in [0.1, 0.15) is 12.8 Å². The highest BCUT2D eigenvalue weighted by Crippen LogP contribution is 2.29. The second-order valence-corrected chi connectivity index (χ2v) is 7.35. The van der Waals surface area contributed by atoms with Gasteiger partial charge in [0.1, 0.15) is 6.33 Å². The Bertz CT molecular complexity index is 811. The van der Waals surface area contributed by atoms with Gasteiger partial charge in [0.15, 0.2) is 17.0 Å². The molecule has 140 valence electrons. The number of thioether (sulfide) groups is 1. The molecule has 1 atom stereocenters. The van der Waals surface area contributed by atoms with Crippen LogP contribution in [0.2, 0.25) is 0 Å². The lowest BCUT2D eigenvalue weighted by atomic mass is 10.1. The van der Waals surface area contributed by atoms with Crippen LogP contribution in [0.5, 0.6) is 0 Å². The molecule has 10 heteroatoms. The second kappa shape index (κ2) is 8.24. The number of aromatic amines is 1. The third kappa shape index (κ3) is 3.65. The Hall–Kier alpha value is -1.84. The number of likely N-dealkylation sites (N-methyl/N-ethyl adjacent to an activating group) is 1. The molecule has 2 aromatic heterocycles. The van der Waals surface area contributed by atoms with Crippen molar-refractivity contribution in [1.29, 1.82) is 0 Å². The Labute approximate surface area is 162 Å². The van der Waals surface area contributed by atoms with E-state index in [1.165, 1.54) is 6.33 Å². The van der Waals surface area contributed by atoms with Crippen molar-refractivity contribution in [1.82, 2.24) is 30.2 Å². The van der Waals surface area contributed by atoms with Gasteiger partial charge >= 0.3 is 0 Å². The Morgan fingerprint density at radius 2 is 2.23 bits per heavy atom. The van der Waals surface area contributed by atoms with E-state index in [1.807, 2.05) is 23.0 Å². The van der Waals surface area contributed by atoms with Crippen molar-refractivity contribution in [3.8, 4) is 0 Å². The zero-order valence-corrected chi connectivity index (χ0v) is 16.1. The Kier molecular flexibility index (Phi) is 6.00. The maximum Gasteiger partial charge on any atom is 0.261 e. The molecule has 0 aliphatic carbocycles. The zero-order valence-electron chi connectivity index (χ0n) is 14.5. The molecule has 0 spiro atoms. The van der Waals surface area contributed by atoms with Crippen LogP contribution < -0.4 is 10.2 Å². The molecule has 0 aromatic carbocycles. The summed E-state index contributed by atoms with van der Waals surface area (Å²) in [5.74, 6) is 1.70. The Morgan fingerprint density at radius 3 is 3.08 bits per heavy atom. The smallest absolute Gasteiger partial charge is 0.261 e. The van der Waals surface area contributed by atoms with E-state index >= 15 is 0 Å². The zero-order chi connectivity index (χ0) is 17.2. The normalized spacial score (nSPS) is 20.7. The lowest BCUT2D eigenvalue weighted by Crippen LogP contribution is -2.47. The fourth-order valence-corrected chi connectivity index (χ4v) is 4.26. The lowest BCUT2D eigenvalue weighted by Gasteiger charge is -2.34. The van der Waals surface area contributed by atoms with Gasteiger partial charge < -0.3 is 20.1 Å². The van der Waals surface area contributed by atoms with Crippen LogP contribution in [0.25, 0.3) is 11.2 Å². The number of rotatable bonds is 3. The molecule has 2 N–H and O–H groups in total. The summed E-state index contributed by atoms with van der Waals surface area (Å²) in [6.07, 6.45) is 7.21. The predicted octanol–water partition coefficient (Wildman–Crippen LogP) is 1.38. The van der Waals surface area contributed by atoms with Gasteiger partial charge in [0.25, 0.3) is 5.91 Å². The third-order valence-electron chi connectivity index (χ3n) is 4.66. The summed E-state index contributed by atoms with van der Waals surface area (Å²) in [5, 5.41) is 3.28. The molecule has 1 fully saturated rings. The van der Waals surface area contributed by atoms with Gasteiger partial charge in [-0.3, -0.25) is 4.79 Å². The molecule has 1 saturated heterocycles. The summed E-state index contributed by atoms with van der Waals surface area (Å²) < 4.78 is 0. The minimum Gasteiger partial charge on any atom is -0.337 e. The fraction of sp³-hybridized carbons (Fsp3) is 0.500. The van der Waals surface area contributed by atoms with Crippen LogP contribution in [-0.4, -0.2) is 69.2 Å². The van der Waals surface area contributed by atoms with Gasteiger partial charge in [0, 0.05) is 37.6 Å². The standard InChI is InChI=1S/C16H21N7OS.ClH/c1-17-11-3-2-4-23(7-11)16(24)12-8-22(5-6-25-12)15-13-14(19-9-18-13)20-10-21-15;/h8-11,17H,2-7H2,1H3,(H,18,19,20,21);1H/t11-;/m1./s1.